The number of hydrogen-bond acceptors (Lipinski definition) is 10. The molecule has 1 aromatic carbocycles. The van der Waals surface area contributed by atoms with Gasteiger partial charge in [-0.1, -0.05) is 17.7 Å². The van der Waals surface area contributed by atoms with Crippen molar-refractivity contribution in [3.05, 3.63) is 42.2 Å². The van der Waals surface area contributed by atoms with Gasteiger partial charge in [-0.2, -0.15) is 10.1 Å². The van der Waals surface area contributed by atoms with Crippen molar-refractivity contribution in [3.8, 4) is 11.8 Å². The van der Waals surface area contributed by atoms with Crippen LogP contribution >= 0.6 is 0 Å². The molecule has 3 heterocycles. The molecule has 3 amide bonds. The molecule has 15 heteroatoms. The summed E-state index contributed by atoms with van der Waals surface area (Å²) in [6, 6.07) is 7.86. The maximum Gasteiger partial charge on any atom is 0.414 e. The van der Waals surface area contributed by atoms with Gasteiger partial charge in [0, 0.05) is 26.7 Å². The summed E-state index contributed by atoms with van der Waals surface area (Å²) in [5, 5.41) is 13.5. The number of benzene rings is 1. The monoisotopic (exact) mass is 598 g/mol. The van der Waals surface area contributed by atoms with Gasteiger partial charge >= 0.3 is 12.1 Å². The number of rotatable bonds is 11. The molecule has 2 aromatic heterocycles. The van der Waals surface area contributed by atoms with Crippen LogP contribution in [0.4, 0.5) is 16.4 Å². The number of nitrogens with zero attached hydrogens (tertiary/aromatic N) is 6. The highest BCUT2D eigenvalue weighted by molar-refractivity contribution is 5.94. The molecule has 232 valence electrons. The van der Waals surface area contributed by atoms with Gasteiger partial charge in [0.15, 0.2) is 0 Å². The van der Waals surface area contributed by atoms with Gasteiger partial charge in [-0.05, 0) is 39.8 Å². The molecule has 1 saturated heterocycles. The normalized spacial score (nSPS) is 16.4. The van der Waals surface area contributed by atoms with Crippen LogP contribution in [0.3, 0.4) is 0 Å². The van der Waals surface area contributed by atoms with E-state index in [9.17, 15) is 14.4 Å². The van der Waals surface area contributed by atoms with Gasteiger partial charge in [-0.25, -0.2) is 9.48 Å². The Bertz CT molecular complexity index is 1410. The van der Waals surface area contributed by atoms with Crippen LogP contribution < -0.4 is 20.1 Å². The van der Waals surface area contributed by atoms with Crippen LogP contribution in [0, 0.1) is 6.92 Å². The summed E-state index contributed by atoms with van der Waals surface area (Å²) in [6.45, 7) is 8.19. The topological polar surface area (TPSA) is 164 Å². The van der Waals surface area contributed by atoms with Crippen LogP contribution in [0.25, 0.3) is 0 Å². The Labute approximate surface area is 249 Å². The van der Waals surface area contributed by atoms with Crippen LogP contribution in [0.15, 0.2) is 36.7 Å². The lowest BCUT2D eigenvalue weighted by molar-refractivity contribution is -0.131. The lowest BCUT2D eigenvalue weighted by Crippen LogP contribution is -2.33. The lowest BCUT2D eigenvalue weighted by atomic mass is 10.2. The molecule has 1 fully saturated rings. The van der Waals surface area contributed by atoms with Crippen LogP contribution in [0.2, 0.25) is 0 Å². The van der Waals surface area contributed by atoms with E-state index in [0.29, 0.717) is 18.8 Å². The van der Waals surface area contributed by atoms with Crippen LogP contribution in [0.1, 0.15) is 32.8 Å². The fraction of sp³-hybridized carbons (Fsp3) is 0.500. The Kier molecular flexibility index (Phi) is 9.85. The highest BCUT2D eigenvalue weighted by atomic mass is 16.6. The van der Waals surface area contributed by atoms with Crippen LogP contribution in [-0.4, -0.2) is 92.0 Å². The van der Waals surface area contributed by atoms with Crippen molar-refractivity contribution in [3.63, 3.8) is 0 Å². The molecule has 0 radical (unpaired) electrons. The van der Waals surface area contributed by atoms with E-state index < -0.39 is 23.9 Å². The van der Waals surface area contributed by atoms with Crippen molar-refractivity contribution in [1.29, 1.82) is 0 Å². The third-order valence-corrected chi connectivity index (χ3v) is 6.20. The van der Waals surface area contributed by atoms with Crippen molar-refractivity contribution in [1.82, 2.24) is 29.4 Å². The molecular formula is C28H38N8O7. The van der Waals surface area contributed by atoms with Gasteiger partial charge in [0.25, 0.3) is 11.9 Å². The molecule has 2 atom stereocenters. The van der Waals surface area contributed by atoms with Gasteiger partial charge in [-0.3, -0.25) is 19.6 Å². The minimum Gasteiger partial charge on any atom is -0.492 e. The first-order valence-electron chi connectivity index (χ1n) is 13.8. The predicted octanol–water partition coefficient (Wildman–Crippen LogP) is 2.38. The zero-order valence-corrected chi connectivity index (χ0v) is 25.2. The number of likely N-dealkylation sites (N-methyl/N-ethyl adjacent to an activating group) is 1. The highest BCUT2D eigenvalue weighted by Crippen LogP contribution is 2.21. The van der Waals surface area contributed by atoms with Gasteiger partial charge in [0.2, 0.25) is 5.91 Å². The predicted molar refractivity (Wildman–Crippen MR) is 155 cm³/mol. The number of hydrogen-bond donors (Lipinski definition) is 2. The lowest BCUT2D eigenvalue weighted by Gasteiger charge is -2.18. The van der Waals surface area contributed by atoms with Gasteiger partial charge in [0.05, 0.1) is 25.0 Å². The molecule has 0 saturated carbocycles. The molecule has 4 rings (SSSR count). The number of amides is 3. The fourth-order valence-corrected chi connectivity index (χ4v) is 3.99. The van der Waals surface area contributed by atoms with Crippen molar-refractivity contribution in [2.45, 2.75) is 58.5 Å². The molecule has 1 aliphatic rings. The summed E-state index contributed by atoms with van der Waals surface area (Å²) >= 11 is 0. The molecule has 0 spiro atoms. The first-order valence-corrected chi connectivity index (χ1v) is 13.8. The number of nitrogens with one attached hydrogen (secondary N) is 2. The number of ether oxygens (including phenoxy) is 4. The smallest absolute Gasteiger partial charge is 0.414 e. The van der Waals surface area contributed by atoms with E-state index in [0.717, 1.165) is 11.3 Å². The Hall–Kier alpha value is -4.66. The average Bonchev–Trinajstić information content (AvgIpc) is 3.65. The van der Waals surface area contributed by atoms with Crippen molar-refractivity contribution < 1.29 is 33.3 Å². The second-order valence-electron chi connectivity index (χ2n) is 11.2. The van der Waals surface area contributed by atoms with Crippen molar-refractivity contribution in [2.75, 3.05) is 37.4 Å². The zero-order valence-electron chi connectivity index (χ0n) is 25.2. The molecule has 0 aliphatic carbocycles. The second kappa shape index (κ2) is 13.5. The minimum absolute atomic E-state index is 0.00914. The summed E-state index contributed by atoms with van der Waals surface area (Å²) in [4.78, 5) is 43.1. The average molecular weight is 599 g/mol. The Morgan fingerprint density at radius 2 is 1.91 bits per heavy atom. The van der Waals surface area contributed by atoms with Gasteiger partial charge in [-0.15, -0.1) is 5.10 Å². The summed E-state index contributed by atoms with van der Waals surface area (Å²) < 4.78 is 25.2. The zero-order chi connectivity index (χ0) is 31.1. The number of anilines is 2. The summed E-state index contributed by atoms with van der Waals surface area (Å²) in [6.07, 6.45) is 1.41. The Morgan fingerprint density at radius 1 is 1.16 bits per heavy atom. The second-order valence-corrected chi connectivity index (χ2v) is 11.2. The van der Waals surface area contributed by atoms with E-state index in [1.165, 1.54) is 15.6 Å². The molecule has 15 nitrogen and oxygen atoms in total. The quantitative estimate of drug-likeness (QED) is 0.335. The maximum absolute atomic E-state index is 12.8. The third kappa shape index (κ3) is 9.43. The van der Waals surface area contributed by atoms with E-state index in [1.807, 2.05) is 31.2 Å². The van der Waals surface area contributed by atoms with E-state index in [1.54, 1.807) is 46.0 Å². The van der Waals surface area contributed by atoms with Crippen LogP contribution in [0.5, 0.6) is 11.8 Å². The number of aromatic nitrogens is 5. The molecular weight excluding hydrogens is 560 g/mol. The Morgan fingerprint density at radius 3 is 2.63 bits per heavy atom. The largest absolute Gasteiger partial charge is 0.492 e. The molecule has 1 aliphatic heterocycles. The first kappa shape index (κ1) is 31.3. The first-order chi connectivity index (χ1) is 20.3. The van der Waals surface area contributed by atoms with Gasteiger partial charge < -0.3 is 29.2 Å². The highest BCUT2D eigenvalue weighted by Gasteiger charge is 2.33. The number of carbonyl (C=O) groups excluding carboxylic acids is 3. The van der Waals surface area contributed by atoms with E-state index >= 15 is 0 Å². The SMILES string of the molecule is Cc1ccc(OCCN(C)C(=O)Cn2cc(NC(=O)C3CC(Oc4nc(NC(=O)OC(C)(C)C)nn4C)CO3)cn2)cc1. The Balaban J connectivity index is 1.19. The van der Waals surface area contributed by atoms with Gasteiger partial charge in [0.1, 0.15) is 36.7 Å². The fourth-order valence-electron chi connectivity index (χ4n) is 3.99. The summed E-state index contributed by atoms with van der Waals surface area (Å²) in [7, 11) is 3.31. The summed E-state index contributed by atoms with van der Waals surface area (Å²) in [5.74, 6) is 0.254. The van der Waals surface area contributed by atoms with Crippen molar-refractivity contribution >= 4 is 29.5 Å². The maximum atomic E-state index is 12.8. The molecule has 3 aromatic rings. The molecule has 43 heavy (non-hydrogen) atoms. The molecule has 2 N–H and O–H groups in total. The minimum atomic E-state index is -0.762. The number of aryl methyl sites for hydroxylation is 2. The van der Waals surface area contributed by atoms with E-state index in [-0.39, 0.29) is 43.3 Å². The molecule has 0 bridgehead atoms. The molecule has 2 unspecified atom stereocenters. The van der Waals surface area contributed by atoms with Crippen LogP contribution in [-0.2, 0) is 32.7 Å². The third-order valence-electron chi connectivity index (χ3n) is 6.20. The number of carbonyl (C=O) groups is 3. The summed E-state index contributed by atoms with van der Waals surface area (Å²) in [5.41, 5.74) is 0.912. The van der Waals surface area contributed by atoms with Crippen molar-refractivity contribution in [2.24, 2.45) is 7.05 Å². The van der Waals surface area contributed by atoms with E-state index in [2.05, 4.69) is 25.8 Å². The van der Waals surface area contributed by atoms with E-state index in [4.69, 9.17) is 18.9 Å². The standard InChI is InChI=1S/C28H38N8O7/c1-18-7-9-20(10-8-18)40-12-11-34(5)23(37)16-36-15-19(14-29-36)30-24(38)22-13-21(17-41-22)42-26-31-25(33-35(26)6)32-27(39)43-28(2,3)4/h7-10,14-15,21-22H,11-13,16-17H2,1-6H3,(H,30,38)(H,32,33,39).